The molecular formula is C20H23N5OS. The molecule has 0 spiro atoms. The highest BCUT2D eigenvalue weighted by atomic mass is 32.2. The maximum atomic E-state index is 12.3. The molecule has 1 aromatic carbocycles. The Hall–Kier alpha value is -2.59. The Morgan fingerprint density at radius 1 is 1.37 bits per heavy atom. The van der Waals surface area contributed by atoms with Crippen LogP contribution in [0.5, 0.6) is 0 Å². The van der Waals surface area contributed by atoms with Gasteiger partial charge in [0.15, 0.2) is 5.16 Å². The SMILES string of the molecule is C=CCn1c(SCC(=O)Nc2cccc(C#N)c2)nnc1C1CCCCC1. The van der Waals surface area contributed by atoms with Crippen LogP contribution in [0.2, 0.25) is 0 Å². The summed E-state index contributed by atoms with van der Waals surface area (Å²) in [5.74, 6) is 1.56. The average molecular weight is 382 g/mol. The largest absolute Gasteiger partial charge is 0.325 e. The minimum Gasteiger partial charge on any atom is -0.325 e. The van der Waals surface area contributed by atoms with Crippen molar-refractivity contribution in [1.29, 1.82) is 5.26 Å². The Morgan fingerprint density at radius 2 is 2.19 bits per heavy atom. The highest BCUT2D eigenvalue weighted by molar-refractivity contribution is 7.99. The third-order valence-electron chi connectivity index (χ3n) is 4.64. The summed E-state index contributed by atoms with van der Waals surface area (Å²) in [6.07, 6.45) is 7.90. The molecule has 0 radical (unpaired) electrons. The molecule has 7 heteroatoms. The van der Waals surface area contributed by atoms with Gasteiger partial charge in [0.2, 0.25) is 5.91 Å². The van der Waals surface area contributed by atoms with E-state index in [1.807, 2.05) is 6.08 Å². The van der Waals surface area contributed by atoms with Crippen LogP contribution in [0.25, 0.3) is 0 Å². The molecule has 0 bridgehead atoms. The fourth-order valence-corrected chi connectivity index (χ4v) is 4.12. The van der Waals surface area contributed by atoms with Gasteiger partial charge in [-0.25, -0.2) is 0 Å². The predicted octanol–water partition coefficient (Wildman–Crippen LogP) is 4.11. The molecule has 1 aromatic heterocycles. The molecule has 6 nitrogen and oxygen atoms in total. The van der Waals surface area contributed by atoms with E-state index in [2.05, 4.69) is 32.7 Å². The van der Waals surface area contributed by atoms with Crippen molar-refractivity contribution in [3.63, 3.8) is 0 Å². The summed E-state index contributed by atoms with van der Waals surface area (Å²) in [6.45, 7) is 4.48. The first kappa shape index (κ1) is 19.2. The van der Waals surface area contributed by atoms with E-state index in [0.717, 1.165) is 23.8 Å². The standard InChI is InChI=1S/C20H23N5OS/c1-2-11-25-19(16-8-4-3-5-9-16)23-24-20(25)27-14-18(26)22-17-10-6-7-15(12-17)13-21/h2,6-7,10,12,16H,1,3-5,8-9,11,14H2,(H,22,26). The number of allylic oxidation sites excluding steroid dienone is 1. The molecule has 1 heterocycles. The summed E-state index contributed by atoms with van der Waals surface area (Å²) in [4.78, 5) is 12.3. The van der Waals surface area contributed by atoms with E-state index in [4.69, 9.17) is 5.26 Å². The van der Waals surface area contributed by atoms with E-state index in [0.29, 0.717) is 23.7 Å². The van der Waals surface area contributed by atoms with Crippen molar-refractivity contribution < 1.29 is 4.79 Å². The Labute approximate surface area is 163 Å². The molecule has 0 aliphatic heterocycles. The predicted molar refractivity (Wildman–Crippen MR) is 107 cm³/mol. The number of hydrogen-bond acceptors (Lipinski definition) is 5. The first-order valence-electron chi connectivity index (χ1n) is 9.18. The fourth-order valence-electron chi connectivity index (χ4n) is 3.36. The van der Waals surface area contributed by atoms with Gasteiger partial charge in [-0.3, -0.25) is 4.79 Å². The van der Waals surface area contributed by atoms with Gasteiger partial charge in [-0.1, -0.05) is 43.2 Å². The van der Waals surface area contributed by atoms with Crippen LogP contribution in [0.15, 0.2) is 42.1 Å². The second-order valence-corrected chi connectivity index (χ2v) is 7.55. The van der Waals surface area contributed by atoms with Crippen molar-refractivity contribution in [3.8, 4) is 6.07 Å². The minimum atomic E-state index is -0.137. The summed E-state index contributed by atoms with van der Waals surface area (Å²) in [6, 6.07) is 8.94. The summed E-state index contributed by atoms with van der Waals surface area (Å²) >= 11 is 1.37. The van der Waals surface area contributed by atoms with Crippen molar-refractivity contribution in [2.75, 3.05) is 11.1 Å². The molecule has 27 heavy (non-hydrogen) atoms. The number of amides is 1. The van der Waals surface area contributed by atoms with E-state index < -0.39 is 0 Å². The summed E-state index contributed by atoms with van der Waals surface area (Å²) in [5.41, 5.74) is 1.14. The zero-order chi connectivity index (χ0) is 19.1. The highest BCUT2D eigenvalue weighted by Crippen LogP contribution is 2.33. The Kier molecular flexibility index (Phi) is 6.66. The molecule has 140 valence electrons. The van der Waals surface area contributed by atoms with E-state index in [9.17, 15) is 4.79 Å². The third-order valence-corrected chi connectivity index (χ3v) is 5.60. The van der Waals surface area contributed by atoms with Gasteiger partial charge in [-0.2, -0.15) is 5.26 Å². The molecule has 0 unspecified atom stereocenters. The molecule has 1 saturated carbocycles. The van der Waals surface area contributed by atoms with Crippen LogP contribution < -0.4 is 5.32 Å². The normalized spacial score (nSPS) is 14.5. The van der Waals surface area contributed by atoms with Crippen molar-refractivity contribution in [2.24, 2.45) is 0 Å². The Balaban J connectivity index is 1.64. The maximum absolute atomic E-state index is 12.3. The maximum Gasteiger partial charge on any atom is 0.234 e. The molecule has 1 aliphatic carbocycles. The number of nitrogens with one attached hydrogen (secondary N) is 1. The smallest absolute Gasteiger partial charge is 0.234 e. The van der Waals surface area contributed by atoms with Crippen LogP contribution in [0.1, 0.15) is 49.4 Å². The fraction of sp³-hybridized carbons (Fsp3) is 0.400. The molecule has 2 aromatic rings. The van der Waals surface area contributed by atoms with Gasteiger partial charge in [0.05, 0.1) is 17.4 Å². The van der Waals surface area contributed by atoms with Crippen LogP contribution >= 0.6 is 11.8 Å². The number of nitrogens with zero attached hydrogens (tertiary/aromatic N) is 4. The van der Waals surface area contributed by atoms with Crippen LogP contribution in [0.3, 0.4) is 0 Å². The van der Waals surface area contributed by atoms with E-state index >= 15 is 0 Å². The molecule has 0 atom stereocenters. The number of benzene rings is 1. The molecule has 1 N–H and O–H groups in total. The van der Waals surface area contributed by atoms with Gasteiger partial charge < -0.3 is 9.88 Å². The number of carbonyl (C=O) groups is 1. The van der Waals surface area contributed by atoms with Crippen LogP contribution in [-0.2, 0) is 11.3 Å². The number of hydrogen-bond donors (Lipinski definition) is 1. The number of nitriles is 1. The van der Waals surface area contributed by atoms with Crippen LogP contribution in [0.4, 0.5) is 5.69 Å². The first-order chi connectivity index (χ1) is 13.2. The molecule has 3 rings (SSSR count). The lowest BCUT2D eigenvalue weighted by Crippen LogP contribution is -2.15. The van der Waals surface area contributed by atoms with Crippen molar-refractivity contribution in [3.05, 3.63) is 48.3 Å². The van der Waals surface area contributed by atoms with E-state index in [-0.39, 0.29) is 11.7 Å². The summed E-state index contributed by atoms with van der Waals surface area (Å²) in [5, 5.41) is 21.3. The minimum absolute atomic E-state index is 0.137. The first-order valence-corrected chi connectivity index (χ1v) is 10.2. The lowest BCUT2D eigenvalue weighted by Gasteiger charge is -2.21. The van der Waals surface area contributed by atoms with Gasteiger partial charge in [-0.05, 0) is 31.0 Å². The number of anilines is 1. The summed E-state index contributed by atoms with van der Waals surface area (Å²) in [7, 11) is 0. The van der Waals surface area contributed by atoms with Gasteiger partial charge >= 0.3 is 0 Å². The monoisotopic (exact) mass is 381 g/mol. The zero-order valence-corrected chi connectivity index (χ0v) is 16.0. The van der Waals surface area contributed by atoms with E-state index in [1.54, 1.807) is 24.3 Å². The van der Waals surface area contributed by atoms with Crippen LogP contribution in [0, 0.1) is 11.3 Å². The van der Waals surface area contributed by atoms with Gasteiger partial charge in [0.1, 0.15) is 5.82 Å². The lowest BCUT2D eigenvalue weighted by molar-refractivity contribution is -0.113. The highest BCUT2D eigenvalue weighted by Gasteiger charge is 2.23. The van der Waals surface area contributed by atoms with Gasteiger partial charge in [-0.15, -0.1) is 16.8 Å². The number of carbonyl (C=O) groups excluding carboxylic acids is 1. The summed E-state index contributed by atoms with van der Waals surface area (Å²) < 4.78 is 2.08. The molecule has 1 amide bonds. The molecule has 1 fully saturated rings. The van der Waals surface area contributed by atoms with Crippen molar-refractivity contribution in [2.45, 2.75) is 49.7 Å². The molecule has 0 saturated heterocycles. The topological polar surface area (TPSA) is 83.6 Å². The van der Waals surface area contributed by atoms with Gasteiger partial charge in [0, 0.05) is 18.2 Å². The molecular weight excluding hydrogens is 358 g/mol. The Bertz CT molecular complexity index is 848. The van der Waals surface area contributed by atoms with Gasteiger partial charge in [0.25, 0.3) is 0 Å². The second kappa shape index (κ2) is 9.38. The Morgan fingerprint density at radius 3 is 2.93 bits per heavy atom. The third kappa shape index (κ3) is 4.98. The lowest BCUT2D eigenvalue weighted by atomic mass is 9.89. The number of thioether (sulfide) groups is 1. The average Bonchev–Trinajstić information content (AvgIpc) is 3.10. The zero-order valence-electron chi connectivity index (χ0n) is 15.2. The second-order valence-electron chi connectivity index (χ2n) is 6.60. The van der Waals surface area contributed by atoms with E-state index in [1.165, 1.54) is 31.0 Å². The van der Waals surface area contributed by atoms with Crippen molar-refractivity contribution >= 4 is 23.4 Å². The van der Waals surface area contributed by atoms with Crippen molar-refractivity contribution in [1.82, 2.24) is 14.8 Å². The number of aromatic nitrogens is 3. The molecule has 1 aliphatic rings. The number of rotatable bonds is 7. The van der Waals surface area contributed by atoms with Crippen LogP contribution in [-0.4, -0.2) is 26.4 Å². The quantitative estimate of drug-likeness (QED) is 0.576.